The van der Waals surface area contributed by atoms with E-state index in [0.717, 1.165) is 0 Å². The molecule has 0 bridgehead atoms. The van der Waals surface area contributed by atoms with Gasteiger partial charge in [-0.25, -0.2) is 0 Å². The molecule has 0 saturated heterocycles. The number of hydrogen-bond acceptors (Lipinski definition) is 8. The van der Waals surface area contributed by atoms with E-state index in [1.807, 2.05) is 13.8 Å². The molecule has 32 heavy (non-hydrogen) atoms. The molecule has 0 aliphatic heterocycles. The number of carbonyl (C=O) groups is 4. The van der Waals surface area contributed by atoms with E-state index in [1.54, 1.807) is 41.5 Å². The molecule has 2 N–H and O–H groups in total. The van der Waals surface area contributed by atoms with Gasteiger partial charge in [-0.2, -0.15) is 0 Å². The number of hydrogen-bond donors (Lipinski definition) is 2. The molecule has 0 unspecified atom stereocenters. The zero-order valence-electron chi connectivity index (χ0n) is 20.4. The molecular weight excluding hydrogens is 554 g/mol. The van der Waals surface area contributed by atoms with Crippen LogP contribution in [0.15, 0.2) is 0 Å². The Balaban J connectivity index is 5.19. The quantitative estimate of drug-likeness (QED) is 0.237. The third-order valence-corrected chi connectivity index (χ3v) is 14.0. The number of methoxy groups -OCH3 is 2. The Morgan fingerprint density at radius 2 is 0.938 bits per heavy atom. The molecule has 10 nitrogen and oxygen atoms in total. The van der Waals surface area contributed by atoms with E-state index < -0.39 is 47.4 Å². The van der Waals surface area contributed by atoms with Crippen LogP contribution in [0.4, 0.5) is 9.59 Å². The third kappa shape index (κ3) is 12.5. The predicted octanol–water partition coefficient (Wildman–Crippen LogP) is 2.06. The number of rotatable bonds is 9. The first kappa shape index (κ1) is 30.5. The minimum atomic E-state index is -0.890. The van der Waals surface area contributed by atoms with Crippen LogP contribution in [0.5, 0.6) is 0 Å². The number of nitrogens with one attached hydrogen (secondary N) is 2. The van der Waals surface area contributed by atoms with Gasteiger partial charge in [-0.3, -0.25) is 0 Å². The summed E-state index contributed by atoms with van der Waals surface area (Å²) in [5.74, 6) is -1.16. The summed E-state index contributed by atoms with van der Waals surface area (Å²) in [4.78, 5) is 48.3. The average Bonchev–Trinajstić information content (AvgIpc) is 2.64. The van der Waals surface area contributed by atoms with Gasteiger partial charge in [-0.15, -0.1) is 0 Å². The van der Waals surface area contributed by atoms with Crippen LogP contribution >= 0.6 is 0 Å². The van der Waals surface area contributed by atoms with Crippen molar-refractivity contribution in [2.24, 2.45) is 0 Å². The fourth-order valence-electron chi connectivity index (χ4n) is 2.15. The van der Waals surface area contributed by atoms with Gasteiger partial charge in [0.2, 0.25) is 0 Å². The molecule has 0 fully saturated rings. The van der Waals surface area contributed by atoms with Crippen molar-refractivity contribution in [1.29, 1.82) is 0 Å². The molecule has 186 valence electrons. The monoisotopic (exact) mass is 592 g/mol. The van der Waals surface area contributed by atoms with Crippen molar-refractivity contribution in [2.45, 2.75) is 88.3 Å². The molecule has 0 saturated carbocycles. The molecule has 0 aromatic rings. The molecule has 2 amide bonds. The van der Waals surface area contributed by atoms with Crippen molar-refractivity contribution < 1.29 is 38.1 Å². The van der Waals surface area contributed by atoms with Crippen LogP contribution in [0, 0.1) is 0 Å². The molecule has 0 aliphatic rings. The van der Waals surface area contributed by atoms with Crippen LogP contribution in [0.3, 0.4) is 0 Å². The fraction of sp³-hybridized carbons (Fsp3) is 0.800. The minimum absolute atomic E-state index is 0.151. The summed E-state index contributed by atoms with van der Waals surface area (Å²) in [6.45, 7) is 14.0. The zero-order chi connectivity index (χ0) is 25.3. The number of esters is 2. The van der Waals surface area contributed by atoms with Gasteiger partial charge < -0.3 is 0 Å². The Kier molecular flexibility index (Phi) is 12.7. The summed E-state index contributed by atoms with van der Waals surface area (Å²) >= 11 is -0.301. The van der Waals surface area contributed by atoms with Gasteiger partial charge in [0.05, 0.1) is 0 Å². The van der Waals surface area contributed by atoms with Crippen LogP contribution in [-0.2, 0) is 28.5 Å². The molecule has 0 heterocycles. The van der Waals surface area contributed by atoms with Gasteiger partial charge in [0, 0.05) is 0 Å². The van der Waals surface area contributed by atoms with Crippen molar-refractivity contribution in [3.8, 4) is 0 Å². The second-order valence-corrected chi connectivity index (χ2v) is 17.0. The van der Waals surface area contributed by atoms with Crippen LogP contribution < -0.4 is 10.6 Å². The summed E-state index contributed by atoms with van der Waals surface area (Å²) in [6.07, 6.45) is -1.43. The number of ether oxygens (including phenoxy) is 4. The van der Waals surface area contributed by atoms with Gasteiger partial charge in [-0.1, -0.05) is 0 Å². The Morgan fingerprint density at radius 1 is 0.656 bits per heavy atom. The average molecular weight is 590 g/mol. The number of amides is 2. The van der Waals surface area contributed by atoms with Gasteiger partial charge in [0.25, 0.3) is 0 Å². The van der Waals surface area contributed by atoms with Gasteiger partial charge in [0.15, 0.2) is 0 Å². The molecule has 0 spiro atoms. The van der Waals surface area contributed by atoms with E-state index in [9.17, 15) is 19.2 Å². The van der Waals surface area contributed by atoms with Gasteiger partial charge >= 0.3 is 202 Å². The summed E-state index contributed by atoms with van der Waals surface area (Å²) in [5, 5.41) is 5.15. The third-order valence-electron chi connectivity index (χ3n) is 3.55. The van der Waals surface area contributed by atoms with Crippen molar-refractivity contribution in [2.75, 3.05) is 14.2 Å². The Hall–Kier alpha value is -1.48. The van der Waals surface area contributed by atoms with E-state index in [2.05, 4.69) is 10.6 Å². The number of alkyl carbamates (subject to hydrolysis) is 2. The van der Waals surface area contributed by atoms with E-state index in [1.165, 1.54) is 14.2 Å². The molecule has 4 atom stereocenters. The Morgan fingerprint density at radius 3 is 1.16 bits per heavy atom. The van der Waals surface area contributed by atoms with Crippen molar-refractivity contribution >= 4 is 50.4 Å². The standard InChI is InChI=1S/C20H36N2O8Se2/c1-11(13(15(23)27-9)21-17(25)29-19(3,4)5)31-32-12(2)14(16(24)28-10)22-18(26)30-20(6,7)8/h11-14H,1-10H3,(H,21,25)(H,22,26)/t11-,12-,13-,14-/m0/s1. The summed E-state index contributed by atoms with van der Waals surface area (Å²) < 4.78 is 20.1. The second-order valence-electron chi connectivity index (χ2n) is 8.90. The topological polar surface area (TPSA) is 129 Å². The first-order valence-electron chi connectivity index (χ1n) is 9.97. The summed E-state index contributed by atoms with van der Waals surface area (Å²) in [6, 6.07) is -1.78. The van der Waals surface area contributed by atoms with Gasteiger partial charge in [0.1, 0.15) is 0 Å². The Bertz CT molecular complexity index is 605. The van der Waals surface area contributed by atoms with Crippen molar-refractivity contribution in [3.05, 3.63) is 0 Å². The van der Waals surface area contributed by atoms with E-state index >= 15 is 0 Å². The van der Waals surface area contributed by atoms with Crippen LogP contribution in [0.1, 0.15) is 55.4 Å². The Labute approximate surface area is 201 Å². The summed E-state index contributed by atoms with van der Waals surface area (Å²) in [7, 11) is 2.50. The normalized spacial score (nSPS) is 15.4. The first-order valence-corrected chi connectivity index (χ1v) is 16.3. The molecule has 0 radical (unpaired) electrons. The maximum atomic E-state index is 12.2. The second kappa shape index (κ2) is 13.3. The van der Waals surface area contributed by atoms with Gasteiger partial charge in [-0.05, 0) is 0 Å². The fourth-order valence-corrected chi connectivity index (χ4v) is 10.3. The van der Waals surface area contributed by atoms with E-state index in [-0.39, 0.29) is 35.9 Å². The van der Waals surface area contributed by atoms with Crippen molar-refractivity contribution in [1.82, 2.24) is 10.6 Å². The first-order chi connectivity index (χ1) is 14.5. The number of carbonyl (C=O) groups excluding carboxylic acids is 4. The van der Waals surface area contributed by atoms with Crippen LogP contribution in [0.2, 0.25) is 9.63 Å². The molecular formula is C20H36N2O8Se2. The molecule has 0 aromatic carbocycles. The van der Waals surface area contributed by atoms with E-state index in [0.29, 0.717) is 0 Å². The van der Waals surface area contributed by atoms with Crippen molar-refractivity contribution in [3.63, 3.8) is 0 Å². The summed E-state index contributed by atoms with van der Waals surface area (Å²) in [5.41, 5.74) is -1.42. The molecule has 0 aliphatic carbocycles. The molecule has 0 aromatic heterocycles. The van der Waals surface area contributed by atoms with Crippen LogP contribution in [0.25, 0.3) is 0 Å². The molecule has 12 heteroatoms. The predicted molar refractivity (Wildman–Crippen MR) is 121 cm³/mol. The van der Waals surface area contributed by atoms with Crippen LogP contribution in [-0.4, -0.2) is 87.9 Å². The molecule has 0 rings (SSSR count). The zero-order valence-corrected chi connectivity index (χ0v) is 23.8. The maximum absolute atomic E-state index is 12.2. The SMILES string of the molecule is COC(=O)[C@@H](NC(=O)OC(C)(C)C)[C@H](C)[Se][Se][C@@H](C)[C@H](NC(=O)OC(C)(C)C)C(=O)OC. The van der Waals surface area contributed by atoms with E-state index in [4.69, 9.17) is 18.9 Å².